The molecular weight excluding hydrogens is 354 g/mol. The van der Waals surface area contributed by atoms with Gasteiger partial charge in [0.25, 0.3) is 0 Å². The standard InChI is InChI=1S/C20H23N7O/c1-12(2)27-11-23-16-19(26-8-9-28-10-13(26)3)24-18(25-20(16)27)15-5-7-22-17-14(15)4-6-21-17/h4-7,11-13H,8-10H2,1-3H3,(H,21,22)/t13-/m1/s1. The number of imidazole rings is 1. The molecule has 144 valence electrons. The van der Waals surface area contributed by atoms with Crippen LogP contribution in [0, 0.1) is 0 Å². The van der Waals surface area contributed by atoms with Gasteiger partial charge < -0.3 is 19.2 Å². The lowest BCUT2D eigenvalue weighted by molar-refractivity contribution is 0.0987. The van der Waals surface area contributed by atoms with E-state index in [4.69, 9.17) is 14.7 Å². The molecule has 4 aromatic rings. The number of hydrogen-bond acceptors (Lipinski definition) is 6. The fourth-order valence-corrected chi connectivity index (χ4v) is 3.80. The van der Waals surface area contributed by atoms with Crippen LogP contribution >= 0.6 is 0 Å². The predicted molar refractivity (Wildman–Crippen MR) is 108 cm³/mol. The zero-order chi connectivity index (χ0) is 19.3. The van der Waals surface area contributed by atoms with Gasteiger partial charge in [0.15, 0.2) is 22.8 Å². The fourth-order valence-electron chi connectivity index (χ4n) is 3.80. The summed E-state index contributed by atoms with van der Waals surface area (Å²) in [6.45, 7) is 8.59. The SMILES string of the molecule is CC(C)n1cnc2c(N3CCOC[C@H]3C)nc(-c3ccnc4[nH]ccc34)nc21. The zero-order valence-electron chi connectivity index (χ0n) is 16.3. The molecule has 1 aliphatic rings. The average molecular weight is 377 g/mol. The molecule has 8 nitrogen and oxygen atoms in total. The Labute approximate surface area is 162 Å². The van der Waals surface area contributed by atoms with Gasteiger partial charge in [-0.05, 0) is 32.9 Å². The van der Waals surface area contributed by atoms with Crippen LogP contribution in [0.25, 0.3) is 33.6 Å². The molecule has 0 unspecified atom stereocenters. The highest BCUT2D eigenvalue weighted by Gasteiger charge is 2.26. The second kappa shape index (κ2) is 6.56. The summed E-state index contributed by atoms with van der Waals surface area (Å²) in [6.07, 6.45) is 5.54. The molecule has 8 heteroatoms. The van der Waals surface area contributed by atoms with Crippen molar-refractivity contribution in [2.75, 3.05) is 24.7 Å². The maximum Gasteiger partial charge on any atom is 0.166 e. The van der Waals surface area contributed by atoms with Gasteiger partial charge in [-0.3, -0.25) is 0 Å². The van der Waals surface area contributed by atoms with Crippen LogP contribution in [0.2, 0.25) is 0 Å². The second-order valence-electron chi connectivity index (χ2n) is 7.50. The van der Waals surface area contributed by atoms with Gasteiger partial charge >= 0.3 is 0 Å². The first kappa shape index (κ1) is 17.1. The molecule has 1 saturated heterocycles. The molecule has 0 saturated carbocycles. The number of pyridine rings is 1. The van der Waals surface area contributed by atoms with E-state index in [1.165, 1.54) is 0 Å². The molecule has 0 aliphatic carbocycles. The average Bonchev–Trinajstić information content (AvgIpc) is 3.34. The normalized spacial score (nSPS) is 17.9. The van der Waals surface area contributed by atoms with E-state index >= 15 is 0 Å². The lowest BCUT2D eigenvalue weighted by atomic mass is 10.1. The Morgan fingerprint density at radius 1 is 1.21 bits per heavy atom. The van der Waals surface area contributed by atoms with Gasteiger partial charge in [0.1, 0.15) is 5.65 Å². The minimum Gasteiger partial charge on any atom is -0.377 e. The number of morpholine rings is 1. The van der Waals surface area contributed by atoms with Crippen LogP contribution in [0.4, 0.5) is 5.82 Å². The van der Waals surface area contributed by atoms with Crippen LogP contribution in [0.15, 0.2) is 30.9 Å². The topological polar surface area (TPSA) is 84.8 Å². The van der Waals surface area contributed by atoms with Crippen molar-refractivity contribution in [2.24, 2.45) is 0 Å². The van der Waals surface area contributed by atoms with Crippen molar-refractivity contribution >= 4 is 28.0 Å². The van der Waals surface area contributed by atoms with E-state index in [2.05, 4.69) is 45.2 Å². The van der Waals surface area contributed by atoms with Gasteiger partial charge in [-0.2, -0.15) is 0 Å². The van der Waals surface area contributed by atoms with Crippen LogP contribution < -0.4 is 4.90 Å². The largest absolute Gasteiger partial charge is 0.377 e. The van der Waals surface area contributed by atoms with Gasteiger partial charge in [-0.25, -0.2) is 19.9 Å². The van der Waals surface area contributed by atoms with Crippen molar-refractivity contribution in [3.05, 3.63) is 30.9 Å². The molecule has 4 aromatic heterocycles. The first-order valence-electron chi connectivity index (χ1n) is 9.65. The van der Waals surface area contributed by atoms with E-state index in [0.717, 1.165) is 40.1 Å². The molecule has 28 heavy (non-hydrogen) atoms. The van der Waals surface area contributed by atoms with Crippen molar-refractivity contribution in [1.29, 1.82) is 0 Å². The zero-order valence-corrected chi connectivity index (χ0v) is 16.3. The number of nitrogens with one attached hydrogen (secondary N) is 1. The van der Waals surface area contributed by atoms with Crippen LogP contribution in [0.3, 0.4) is 0 Å². The Morgan fingerprint density at radius 3 is 2.93 bits per heavy atom. The maximum absolute atomic E-state index is 5.63. The summed E-state index contributed by atoms with van der Waals surface area (Å²) in [4.78, 5) is 24.4. The maximum atomic E-state index is 5.63. The molecule has 1 aliphatic heterocycles. The van der Waals surface area contributed by atoms with E-state index < -0.39 is 0 Å². The summed E-state index contributed by atoms with van der Waals surface area (Å²) >= 11 is 0. The highest BCUT2D eigenvalue weighted by molar-refractivity contribution is 5.93. The van der Waals surface area contributed by atoms with Gasteiger partial charge in [-0.1, -0.05) is 0 Å². The van der Waals surface area contributed by atoms with E-state index in [-0.39, 0.29) is 12.1 Å². The molecule has 1 N–H and O–H groups in total. The summed E-state index contributed by atoms with van der Waals surface area (Å²) < 4.78 is 7.73. The minimum absolute atomic E-state index is 0.230. The third kappa shape index (κ3) is 2.63. The Kier molecular flexibility index (Phi) is 4.01. The summed E-state index contributed by atoms with van der Waals surface area (Å²) in [7, 11) is 0. The second-order valence-corrected chi connectivity index (χ2v) is 7.50. The smallest absolute Gasteiger partial charge is 0.166 e. The molecular formula is C20H23N7O. The molecule has 1 fully saturated rings. The number of rotatable bonds is 3. The third-order valence-corrected chi connectivity index (χ3v) is 5.30. The van der Waals surface area contributed by atoms with E-state index in [1.807, 2.05) is 24.7 Å². The van der Waals surface area contributed by atoms with E-state index in [9.17, 15) is 0 Å². The highest BCUT2D eigenvalue weighted by atomic mass is 16.5. The van der Waals surface area contributed by atoms with Crippen molar-refractivity contribution in [2.45, 2.75) is 32.9 Å². The molecule has 0 amide bonds. The van der Waals surface area contributed by atoms with Gasteiger partial charge in [0.05, 0.1) is 25.6 Å². The van der Waals surface area contributed by atoms with E-state index in [0.29, 0.717) is 19.0 Å². The third-order valence-electron chi connectivity index (χ3n) is 5.30. The first-order chi connectivity index (χ1) is 13.6. The van der Waals surface area contributed by atoms with Crippen molar-refractivity contribution in [3.8, 4) is 11.4 Å². The molecule has 5 heterocycles. The van der Waals surface area contributed by atoms with Gasteiger partial charge in [-0.15, -0.1) is 0 Å². The van der Waals surface area contributed by atoms with Gasteiger partial charge in [0.2, 0.25) is 0 Å². The monoisotopic (exact) mass is 377 g/mol. The number of aromatic amines is 1. The molecule has 0 bridgehead atoms. The fraction of sp³-hybridized carbons (Fsp3) is 0.400. The number of aromatic nitrogens is 6. The van der Waals surface area contributed by atoms with Crippen LogP contribution in [-0.2, 0) is 4.74 Å². The van der Waals surface area contributed by atoms with E-state index in [1.54, 1.807) is 6.20 Å². The summed E-state index contributed by atoms with van der Waals surface area (Å²) in [5.41, 5.74) is 3.49. The van der Waals surface area contributed by atoms with Gasteiger partial charge in [0, 0.05) is 35.9 Å². The predicted octanol–water partition coefficient (Wildman–Crippen LogP) is 3.18. The number of anilines is 1. The number of ether oxygens (including phenoxy) is 1. The Morgan fingerprint density at radius 2 is 2.11 bits per heavy atom. The molecule has 0 spiro atoms. The number of hydrogen-bond donors (Lipinski definition) is 1. The highest BCUT2D eigenvalue weighted by Crippen LogP contribution is 2.32. The molecule has 5 rings (SSSR count). The first-order valence-corrected chi connectivity index (χ1v) is 9.65. The number of nitrogens with zero attached hydrogens (tertiary/aromatic N) is 6. The summed E-state index contributed by atoms with van der Waals surface area (Å²) in [5.74, 6) is 1.56. The van der Waals surface area contributed by atoms with Crippen LogP contribution in [-0.4, -0.2) is 55.3 Å². The van der Waals surface area contributed by atoms with Crippen molar-refractivity contribution in [3.63, 3.8) is 0 Å². The Hall–Kier alpha value is -3.00. The number of H-pyrrole nitrogens is 1. The summed E-state index contributed by atoms with van der Waals surface area (Å²) in [5, 5.41) is 1.01. The lowest BCUT2D eigenvalue weighted by Crippen LogP contribution is -2.44. The summed E-state index contributed by atoms with van der Waals surface area (Å²) in [6, 6.07) is 4.48. The molecule has 1 atom stereocenters. The number of fused-ring (bicyclic) bond motifs is 2. The molecule has 0 aromatic carbocycles. The quantitative estimate of drug-likeness (QED) is 0.590. The Balaban J connectivity index is 1.78. The Bertz CT molecular complexity index is 1150. The minimum atomic E-state index is 0.230. The molecule has 0 radical (unpaired) electrons. The van der Waals surface area contributed by atoms with Crippen LogP contribution in [0.5, 0.6) is 0 Å². The van der Waals surface area contributed by atoms with Crippen molar-refractivity contribution < 1.29 is 4.74 Å². The van der Waals surface area contributed by atoms with Crippen LogP contribution in [0.1, 0.15) is 26.8 Å². The van der Waals surface area contributed by atoms with Crippen molar-refractivity contribution in [1.82, 2.24) is 29.5 Å². The lowest BCUT2D eigenvalue weighted by Gasteiger charge is -2.34.